The zero-order valence-electron chi connectivity index (χ0n) is 12.1. The lowest BCUT2D eigenvalue weighted by Gasteiger charge is -2.18. The molecule has 0 spiro atoms. The molecule has 0 saturated carbocycles. The van der Waals surface area contributed by atoms with Crippen molar-refractivity contribution in [2.45, 2.75) is 32.9 Å². The van der Waals surface area contributed by atoms with E-state index < -0.39 is 17.7 Å². The third-order valence-corrected chi connectivity index (χ3v) is 3.26. The maximum absolute atomic E-state index is 13.7. The van der Waals surface area contributed by atoms with Gasteiger partial charge in [-0.3, -0.25) is 4.79 Å². The van der Waals surface area contributed by atoms with Crippen LogP contribution in [0.2, 0.25) is 0 Å². The summed E-state index contributed by atoms with van der Waals surface area (Å²) in [6.07, 6.45) is 2.50. The molecule has 0 aliphatic carbocycles. The topological polar surface area (TPSA) is 34.0 Å². The molecule has 0 bridgehead atoms. The van der Waals surface area contributed by atoms with Crippen molar-refractivity contribution in [3.63, 3.8) is 0 Å². The van der Waals surface area contributed by atoms with Crippen LogP contribution in [0.15, 0.2) is 41.3 Å². The molecule has 0 amide bonds. The van der Waals surface area contributed by atoms with Crippen molar-refractivity contribution < 1.29 is 8.78 Å². The predicted molar refractivity (Wildman–Crippen MR) is 79.4 cm³/mol. The molecule has 0 aliphatic heterocycles. The number of benzene rings is 1. The van der Waals surface area contributed by atoms with Crippen LogP contribution in [0.5, 0.6) is 0 Å². The highest BCUT2D eigenvalue weighted by molar-refractivity contribution is 5.43. The fourth-order valence-electron chi connectivity index (χ4n) is 2.28. The molecule has 21 heavy (non-hydrogen) atoms. The quantitative estimate of drug-likeness (QED) is 0.911. The van der Waals surface area contributed by atoms with Gasteiger partial charge in [-0.05, 0) is 31.5 Å². The fourth-order valence-corrected chi connectivity index (χ4v) is 2.28. The van der Waals surface area contributed by atoms with Crippen molar-refractivity contribution in [3.8, 4) is 0 Å². The molecule has 0 saturated heterocycles. The molecule has 1 unspecified atom stereocenters. The second-order valence-electron chi connectivity index (χ2n) is 4.95. The standard InChI is InChI=1S/C16H18F2N2O/c1-3-9-20-10-12(7-8-15(20)21)19-11(2)16-13(17)5-4-6-14(16)18/h4-8,10-11,19H,3,9H2,1-2H3. The van der Waals surface area contributed by atoms with E-state index in [-0.39, 0.29) is 11.1 Å². The lowest BCUT2D eigenvalue weighted by atomic mass is 10.1. The summed E-state index contributed by atoms with van der Waals surface area (Å²) in [7, 11) is 0. The van der Waals surface area contributed by atoms with Gasteiger partial charge in [0.05, 0.1) is 11.7 Å². The van der Waals surface area contributed by atoms with E-state index in [1.54, 1.807) is 23.8 Å². The Balaban J connectivity index is 2.25. The van der Waals surface area contributed by atoms with Gasteiger partial charge in [0, 0.05) is 24.4 Å². The van der Waals surface area contributed by atoms with Gasteiger partial charge in [0.2, 0.25) is 0 Å². The van der Waals surface area contributed by atoms with E-state index in [2.05, 4.69) is 5.32 Å². The lowest BCUT2D eigenvalue weighted by molar-refractivity contribution is 0.544. The van der Waals surface area contributed by atoms with Gasteiger partial charge in [0.25, 0.3) is 5.56 Å². The number of nitrogens with one attached hydrogen (secondary N) is 1. The minimum absolute atomic E-state index is 0.00857. The zero-order valence-corrected chi connectivity index (χ0v) is 12.1. The molecule has 0 aliphatic rings. The Morgan fingerprint density at radius 3 is 2.48 bits per heavy atom. The maximum Gasteiger partial charge on any atom is 0.250 e. The summed E-state index contributed by atoms with van der Waals surface area (Å²) < 4.78 is 29.0. The average Bonchev–Trinajstić information content (AvgIpc) is 2.42. The first-order valence-corrected chi connectivity index (χ1v) is 6.94. The van der Waals surface area contributed by atoms with Crippen LogP contribution in [0.3, 0.4) is 0 Å². The third kappa shape index (κ3) is 3.48. The summed E-state index contributed by atoms with van der Waals surface area (Å²) >= 11 is 0. The van der Waals surface area contributed by atoms with Crippen LogP contribution < -0.4 is 10.9 Å². The van der Waals surface area contributed by atoms with Crippen molar-refractivity contribution in [2.75, 3.05) is 5.32 Å². The van der Waals surface area contributed by atoms with Crippen LogP contribution in [0, 0.1) is 11.6 Å². The number of aromatic nitrogens is 1. The van der Waals surface area contributed by atoms with E-state index in [0.717, 1.165) is 6.42 Å². The smallest absolute Gasteiger partial charge is 0.250 e. The highest BCUT2D eigenvalue weighted by Gasteiger charge is 2.15. The average molecular weight is 292 g/mol. The summed E-state index contributed by atoms with van der Waals surface area (Å²) in [5.41, 5.74) is 0.552. The number of hydrogen-bond acceptors (Lipinski definition) is 2. The van der Waals surface area contributed by atoms with E-state index in [4.69, 9.17) is 0 Å². The second-order valence-corrected chi connectivity index (χ2v) is 4.95. The monoisotopic (exact) mass is 292 g/mol. The number of aryl methyl sites for hydroxylation is 1. The largest absolute Gasteiger partial charge is 0.377 e. The van der Waals surface area contributed by atoms with E-state index in [1.807, 2.05) is 6.92 Å². The molecule has 1 atom stereocenters. The minimum atomic E-state index is -0.586. The van der Waals surface area contributed by atoms with Gasteiger partial charge < -0.3 is 9.88 Å². The van der Waals surface area contributed by atoms with Crippen molar-refractivity contribution >= 4 is 5.69 Å². The predicted octanol–water partition coefficient (Wildman–Crippen LogP) is 3.71. The second kappa shape index (κ2) is 6.52. The Bertz CT molecular complexity index is 662. The van der Waals surface area contributed by atoms with E-state index in [0.29, 0.717) is 12.2 Å². The van der Waals surface area contributed by atoms with Crippen molar-refractivity contribution in [3.05, 3.63) is 64.1 Å². The van der Waals surface area contributed by atoms with Gasteiger partial charge in [0.15, 0.2) is 0 Å². The van der Waals surface area contributed by atoms with E-state index in [1.165, 1.54) is 24.3 Å². The molecule has 5 heteroatoms. The molecule has 1 N–H and O–H groups in total. The molecule has 0 radical (unpaired) electrons. The summed E-state index contributed by atoms with van der Waals surface area (Å²) in [4.78, 5) is 11.6. The summed E-state index contributed by atoms with van der Waals surface area (Å²) in [6, 6.07) is 6.32. The molecule has 2 aromatic rings. The van der Waals surface area contributed by atoms with Crippen LogP contribution in [-0.2, 0) is 6.54 Å². The number of nitrogens with zero attached hydrogens (tertiary/aromatic N) is 1. The number of halogens is 2. The van der Waals surface area contributed by atoms with Gasteiger partial charge in [-0.2, -0.15) is 0 Å². The van der Waals surface area contributed by atoms with Crippen LogP contribution in [0.4, 0.5) is 14.5 Å². The normalized spacial score (nSPS) is 12.2. The molecule has 1 aromatic heterocycles. The van der Waals surface area contributed by atoms with Crippen molar-refractivity contribution in [1.29, 1.82) is 0 Å². The van der Waals surface area contributed by atoms with Gasteiger partial charge in [0.1, 0.15) is 11.6 Å². The number of anilines is 1. The molecule has 1 aromatic carbocycles. The Hall–Kier alpha value is -2.17. The maximum atomic E-state index is 13.7. The highest BCUT2D eigenvalue weighted by atomic mass is 19.1. The Morgan fingerprint density at radius 2 is 1.86 bits per heavy atom. The highest BCUT2D eigenvalue weighted by Crippen LogP contribution is 2.23. The number of hydrogen-bond donors (Lipinski definition) is 1. The molecular weight excluding hydrogens is 274 g/mol. The molecule has 3 nitrogen and oxygen atoms in total. The molecule has 2 rings (SSSR count). The Kier molecular flexibility index (Phi) is 4.73. The Labute approximate surface area is 122 Å². The SMILES string of the molecule is CCCn1cc(NC(C)c2c(F)cccc2F)ccc1=O. The fraction of sp³-hybridized carbons (Fsp3) is 0.312. The first-order chi connectivity index (χ1) is 10.0. The number of rotatable bonds is 5. The van der Waals surface area contributed by atoms with Gasteiger partial charge >= 0.3 is 0 Å². The minimum Gasteiger partial charge on any atom is -0.377 e. The van der Waals surface area contributed by atoms with Crippen LogP contribution in [0.1, 0.15) is 31.9 Å². The summed E-state index contributed by atoms with van der Waals surface area (Å²) in [5, 5.41) is 3.03. The first-order valence-electron chi connectivity index (χ1n) is 6.94. The van der Waals surface area contributed by atoms with Gasteiger partial charge in [-0.25, -0.2) is 8.78 Å². The van der Waals surface area contributed by atoms with Crippen LogP contribution in [-0.4, -0.2) is 4.57 Å². The lowest BCUT2D eigenvalue weighted by Crippen LogP contribution is -2.19. The zero-order chi connectivity index (χ0) is 15.4. The van der Waals surface area contributed by atoms with Gasteiger partial charge in [-0.1, -0.05) is 13.0 Å². The first kappa shape index (κ1) is 15.2. The summed E-state index contributed by atoms with van der Waals surface area (Å²) in [5.74, 6) is -1.17. The van der Waals surface area contributed by atoms with E-state index in [9.17, 15) is 13.6 Å². The Morgan fingerprint density at radius 1 is 1.19 bits per heavy atom. The third-order valence-electron chi connectivity index (χ3n) is 3.26. The summed E-state index contributed by atoms with van der Waals surface area (Å²) in [6.45, 7) is 4.26. The van der Waals surface area contributed by atoms with Crippen LogP contribution >= 0.6 is 0 Å². The van der Waals surface area contributed by atoms with Crippen molar-refractivity contribution in [1.82, 2.24) is 4.57 Å². The van der Waals surface area contributed by atoms with Gasteiger partial charge in [-0.15, -0.1) is 0 Å². The number of pyridine rings is 1. The molecule has 0 fully saturated rings. The molecule has 112 valence electrons. The van der Waals surface area contributed by atoms with Crippen molar-refractivity contribution in [2.24, 2.45) is 0 Å². The molecule has 1 heterocycles. The van der Waals surface area contributed by atoms with E-state index >= 15 is 0 Å². The molecular formula is C16H18F2N2O. The van der Waals surface area contributed by atoms with Crippen LogP contribution in [0.25, 0.3) is 0 Å².